The third kappa shape index (κ3) is 3.98. The van der Waals surface area contributed by atoms with Gasteiger partial charge in [0.2, 0.25) is 0 Å². The molecule has 1 aromatic heterocycles. The second kappa shape index (κ2) is 7.67. The maximum absolute atomic E-state index is 12.0. The summed E-state index contributed by atoms with van der Waals surface area (Å²) in [5, 5.41) is 2.94. The summed E-state index contributed by atoms with van der Waals surface area (Å²) >= 11 is 0. The lowest BCUT2D eigenvalue weighted by Gasteiger charge is -2.22. The Kier molecular flexibility index (Phi) is 6.52. The van der Waals surface area contributed by atoms with Gasteiger partial charge in [-0.3, -0.25) is 4.79 Å². The van der Waals surface area contributed by atoms with Gasteiger partial charge in [0.25, 0.3) is 5.91 Å². The van der Waals surface area contributed by atoms with Crippen LogP contribution in [0.15, 0.2) is 16.7 Å². The van der Waals surface area contributed by atoms with Crippen molar-refractivity contribution in [2.45, 2.75) is 32.9 Å². The highest BCUT2D eigenvalue weighted by Crippen LogP contribution is 2.26. The van der Waals surface area contributed by atoms with Crippen molar-refractivity contribution in [3.63, 3.8) is 0 Å². The van der Waals surface area contributed by atoms with Crippen LogP contribution in [0.4, 0.5) is 0 Å². The Bertz CT molecular complexity index is 434. The van der Waals surface area contributed by atoms with Crippen molar-refractivity contribution < 1.29 is 13.9 Å². The molecule has 2 rings (SSSR count). The van der Waals surface area contributed by atoms with Crippen LogP contribution in [0.1, 0.15) is 36.4 Å². The Morgan fingerprint density at radius 2 is 2.30 bits per heavy atom. The van der Waals surface area contributed by atoms with Gasteiger partial charge in [0.1, 0.15) is 12.0 Å². The number of carbonyl (C=O) groups excluding carboxylic acids is 1. The molecular weight excluding hydrogens is 280 g/mol. The summed E-state index contributed by atoms with van der Waals surface area (Å²) in [7, 11) is 0. The summed E-state index contributed by atoms with van der Waals surface area (Å²) in [6.45, 7) is 6.03. The number of hydrogen-bond acceptors (Lipinski definition) is 4. The fourth-order valence-corrected chi connectivity index (χ4v) is 2.54. The van der Waals surface area contributed by atoms with Crippen LogP contribution in [0.5, 0.6) is 0 Å². The molecule has 2 unspecified atom stereocenters. The number of nitrogens with two attached hydrogens (primary N) is 1. The average Bonchev–Trinajstić information content (AvgIpc) is 3.04. The molecule has 2 atom stereocenters. The van der Waals surface area contributed by atoms with Gasteiger partial charge in [-0.1, -0.05) is 13.8 Å². The fourth-order valence-electron chi connectivity index (χ4n) is 2.54. The molecular formula is C14H23ClN2O3. The monoisotopic (exact) mass is 302 g/mol. The van der Waals surface area contributed by atoms with Crippen molar-refractivity contribution in [1.82, 2.24) is 5.32 Å². The van der Waals surface area contributed by atoms with Crippen LogP contribution in [0.3, 0.4) is 0 Å². The first kappa shape index (κ1) is 17.0. The normalized spacial score (nSPS) is 21.8. The number of furan rings is 1. The van der Waals surface area contributed by atoms with Gasteiger partial charge in [0.05, 0.1) is 18.2 Å². The SMILES string of the molecule is CC(C)C1OCCC1CNC(=O)c1coc(CN)c1.Cl. The van der Waals surface area contributed by atoms with E-state index in [0.29, 0.717) is 36.2 Å². The number of rotatable bonds is 5. The molecule has 1 fully saturated rings. The van der Waals surface area contributed by atoms with E-state index in [4.69, 9.17) is 14.9 Å². The Labute approximate surface area is 125 Å². The van der Waals surface area contributed by atoms with Crippen LogP contribution in [-0.2, 0) is 11.3 Å². The van der Waals surface area contributed by atoms with Crippen LogP contribution >= 0.6 is 12.4 Å². The number of ether oxygens (including phenoxy) is 1. The number of amides is 1. The van der Waals surface area contributed by atoms with Crippen molar-refractivity contribution in [2.24, 2.45) is 17.6 Å². The van der Waals surface area contributed by atoms with E-state index in [9.17, 15) is 4.79 Å². The topological polar surface area (TPSA) is 77.5 Å². The van der Waals surface area contributed by atoms with E-state index in [1.54, 1.807) is 6.07 Å². The smallest absolute Gasteiger partial charge is 0.254 e. The summed E-state index contributed by atoms with van der Waals surface area (Å²) < 4.78 is 10.9. The highest BCUT2D eigenvalue weighted by Gasteiger charge is 2.30. The van der Waals surface area contributed by atoms with Crippen molar-refractivity contribution in [3.8, 4) is 0 Å². The molecule has 114 valence electrons. The molecule has 1 aliphatic rings. The summed E-state index contributed by atoms with van der Waals surface area (Å²) in [4.78, 5) is 12.0. The van der Waals surface area contributed by atoms with Crippen LogP contribution in [-0.4, -0.2) is 25.2 Å². The molecule has 0 aromatic carbocycles. The van der Waals surface area contributed by atoms with Gasteiger partial charge in [0, 0.05) is 19.1 Å². The molecule has 20 heavy (non-hydrogen) atoms. The molecule has 1 aliphatic heterocycles. The van der Waals surface area contributed by atoms with E-state index in [0.717, 1.165) is 13.0 Å². The molecule has 1 aromatic rings. The van der Waals surface area contributed by atoms with Gasteiger partial charge in [-0.25, -0.2) is 0 Å². The van der Waals surface area contributed by atoms with E-state index < -0.39 is 0 Å². The molecule has 0 aliphatic carbocycles. The van der Waals surface area contributed by atoms with Crippen LogP contribution < -0.4 is 11.1 Å². The van der Waals surface area contributed by atoms with Crippen molar-refractivity contribution >= 4 is 18.3 Å². The Morgan fingerprint density at radius 1 is 1.55 bits per heavy atom. The molecule has 1 amide bonds. The lowest BCUT2D eigenvalue weighted by atomic mass is 9.93. The molecule has 0 radical (unpaired) electrons. The zero-order valence-electron chi connectivity index (χ0n) is 11.9. The third-order valence-corrected chi connectivity index (χ3v) is 3.56. The van der Waals surface area contributed by atoms with Crippen LogP contribution in [0.2, 0.25) is 0 Å². The lowest BCUT2D eigenvalue weighted by Crippen LogP contribution is -2.34. The average molecular weight is 303 g/mol. The van der Waals surface area contributed by atoms with Gasteiger partial charge in [-0.2, -0.15) is 0 Å². The first-order chi connectivity index (χ1) is 9.11. The highest BCUT2D eigenvalue weighted by molar-refractivity contribution is 5.93. The largest absolute Gasteiger partial charge is 0.467 e. The van der Waals surface area contributed by atoms with Gasteiger partial charge in [-0.15, -0.1) is 12.4 Å². The predicted octanol–water partition coefficient (Wildman–Crippen LogP) is 1.95. The summed E-state index contributed by atoms with van der Waals surface area (Å²) in [6, 6.07) is 1.68. The summed E-state index contributed by atoms with van der Waals surface area (Å²) in [5.74, 6) is 1.37. The first-order valence-corrected chi connectivity index (χ1v) is 6.79. The fraction of sp³-hybridized carbons (Fsp3) is 0.643. The molecule has 0 saturated carbocycles. The predicted molar refractivity (Wildman–Crippen MR) is 78.9 cm³/mol. The summed E-state index contributed by atoms with van der Waals surface area (Å²) in [6.07, 6.45) is 2.69. The van der Waals surface area contributed by atoms with E-state index >= 15 is 0 Å². The van der Waals surface area contributed by atoms with Gasteiger partial charge >= 0.3 is 0 Å². The van der Waals surface area contributed by atoms with Gasteiger partial charge in [-0.05, 0) is 18.4 Å². The molecule has 3 N–H and O–H groups in total. The second-order valence-corrected chi connectivity index (χ2v) is 5.34. The Balaban J connectivity index is 0.00000200. The van der Waals surface area contributed by atoms with Gasteiger partial charge in [0.15, 0.2) is 0 Å². The zero-order valence-corrected chi connectivity index (χ0v) is 12.7. The molecule has 6 heteroatoms. The Morgan fingerprint density at radius 3 is 2.90 bits per heavy atom. The molecule has 0 bridgehead atoms. The third-order valence-electron chi connectivity index (χ3n) is 3.56. The molecule has 2 heterocycles. The van der Waals surface area contributed by atoms with Crippen molar-refractivity contribution in [2.75, 3.05) is 13.2 Å². The molecule has 1 saturated heterocycles. The zero-order chi connectivity index (χ0) is 13.8. The minimum absolute atomic E-state index is 0. The van der Waals surface area contributed by atoms with Crippen molar-refractivity contribution in [1.29, 1.82) is 0 Å². The van der Waals surface area contributed by atoms with E-state index in [1.165, 1.54) is 6.26 Å². The number of hydrogen-bond donors (Lipinski definition) is 2. The van der Waals surface area contributed by atoms with E-state index in [1.807, 2.05) is 0 Å². The number of carbonyl (C=O) groups is 1. The molecule has 5 nitrogen and oxygen atoms in total. The van der Waals surface area contributed by atoms with Crippen LogP contribution in [0.25, 0.3) is 0 Å². The quantitative estimate of drug-likeness (QED) is 0.871. The number of nitrogens with one attached hydrogen (secondary N) is 1. The van der Waals surface area contributed by atoms with Gasteiger partial charge < -0.3 is 20.2 Å². The standard InChI is InChI=1S/C14H22N2O3.ClH/c1-9(2)13-10(3-4-18-13)7-16-14(17)11-5-12(6-15)19-8-11;/h5,8-10,13H,3-4,6-7,15H2,1-2H3,(H,16,17);1H. The molecule has 0 spiro atoms. The maximum Gasteiger partial charge on any atom is 0.254 e. The lowest BCUT2D eigenvalue weighted by molar-refractivity contribution is 0.0533. The maximum atomic E-state index is 12.0. The Hall–Kier alpha value is -1.04. The van der Waals surface area contributed by atoms with E-state index in [-0.39, 0.29) is 24.4 Å². The second-order valence-electron chi connectivity index (χ2n) is 5.34. The minimum atomic E-state index is -0.113. The van der Waals surface area contributed by atoms with Crippen LogP contribution in [0, 0.1) is 11.8 Å². The van der Waals surface area contributed by atoms with Crippen molar-refractivity contribution in [3.05, 3.63) is 23.7 Å². The van der Waals surface area contributed by atoms with E-state index in [2.05, 4.69) is 19.2 Å². The summed E-state index contributed by atoms with van der Waals surface area (Å²) in [5.41, 5.74) is 5.97. The minimum Gasteiger partial charge on any atom is -0.467 e. The highest BCUT2D eigenvalue weighted by atomic mass is 35.5. The number of halogens is 1. The first-order valence-electron chi connectivity index (χ1n) is 6.79.